The predicted octanol–water partition coefficient (Wildman–Crippen LogP) is 0.244. The fourth-order valence-corrected chi connectivity index (χ4v) is 3.73. The van der Waals surface area contributed by atoms with Gasteiger partial charge in [-0.1, -0.05) is 20.3 Å². The molecule has 1 aromatic heterocycles. The summed E-state index contributed by atoms with van der Waals surface area (Å²) in [5.74, 6) is 1.23. The van der Waals surface area contributed by atoms with Gasteiger partial charge in [0.15, 0.2) is 0 Å². The quantitative estimate of drug-likeness (QED) is 0.781. The molecule has 1 N–H and O–H groups in total. The van der Waals surface area contributed by atoms with E-state index >= 15 is 0 Å². The second-order valence-corrected chi connectivity index (χ2v) is 7.77. The second-order valence-electron chi connectivity index (χ2n) is 7.77. The van der Waals surface area contributed by atoms with E-state index in [1.807, 2.05) is 0 Å². The van der Waals surface area contributed by atoms with Crippen molar-refractivity contribution in [1.82, 2.24) is 24.6 Å². The molecule has 0 aliphatic carbocycles. The van der Waals surface area contributed by atoms with Gasteiger partial charge in [-0.15, -0.1) is 0 Å². The molecule has 8 heteroatoms. The molecule has 0 bridgehead atoms. The van der Waals surface area contributed by atoms with Crippen LogP contribution in [-0.4, -0.2) is 64.0 Å². The van der Waals surface area contributed by atoms with Crippen molar-refractivity contribution in [3.8, 4) is 0 Å². The number of carbonyl (C=O) groups excluding carboxylic acids is 1. The van der Waals surface area contributed by atoms with Gasteiger partial charge in [-0.25, -0.2) is 9.48 Å². The largest absolute Gasteiger partial charge is 0.374 e. The van der Waals surface area contributed by atoms with Gasteiger partial charge in [-0.3, -0.25) is 14.3 Å². The smallest absolute Gasteiger partial charge is 0.346 e. The van der Waals surface area contributed by atoms with E-state index in [1.54, 1.807) is 4.57 Å². The van der Waals surface area contributed by atoms with Gasteiger partial charge in [0, 0.05) is 39.1 Å². The van der Waals surface area contributed by atoms with Gasteiger partial charge in [0.2, 0.25) is 5.91 Å². The Hall–Kier alpha value is -1.67. The standard InChI is InChI=1S/C18H31N5O3/c1-14(2)11-21-8-9-26-15(12-21)10-19-17(24)13-23-18(25)22-7-5-3-4-6-16(22)20-23/h14-15H,3-13H2,1-2H3,(H,19,24). The molecule has 1 atom stereocenters. The lowest BCUT2D eigenvalue weighted by atomic mass is 10.2. The SMILES string of the molecule is CC(C)CN1CCOC(CNC(=O)Cn2nc3n(c2=O)CCCCC3)C1. The van der Waals surface area contributed by atoms with E-state index in [1.165, 1.54) is 4.68 Å². The number of rotatable bonds is 6. The Balaban J connectivity index is 1.49. The molecule has 0 radical (unpaired) electrons. The zero-order valence-electron chi connectivity index (χ0n) is 15.9. The highest BCUT2D eigenvalue weighted by atomic mass is 16.5. The molecule has 26 heavy (non-hydrogen) atoms. The third kappa shape index (κ3) is 4.94. The van der Waals surface area contributed by atoms with Gasteiger partial charge in [0.05, 0.1) is 12.7 Å². The van der Waals surface area contributed by atoms with E-state index in [4.69, 9.17) is 4.74 Å². The Morgan fingerprint density at radius 2 is 2.15 bits per heavy atom. The van der Waals surface area contributed by atoms with Gasteiger partial charge in [-0.05, 0) is 18.8 Å². The second kappa shape index (κ2) is 8.81. The molecule has 0 spiro atoms. The maximum absolute atomic E-state index is 12.4. The summed E-state index contributed by atoms with van der Waals surface area (Å²) < 4.78 is 8.76. The number of nitrogens with one attached hydrogen (secondary N) is 1. The summed E-state index contributed by atoms with van der Waals surface area (Å²) in [5, 5.41) is 7.25. The Kier molecular flexibility index (Phi) is 6.48. The number of amides is 1. The van der Waals surface area contributed by atoms with Crippen molar-refractivity contribution in [1.29, 1.82) is 0 Å². The van der Waals surface area contributed by atoms with Crippen molar-refractivity contribution in [2.24, 2.45) is 5.92 Å². The van der Waals surface area contributed by atoms with Crippen molar-refractivity contribution in [3.05, 3.63) is 16.3 Å². The number of morpholine rings is 1. The average molecular weight is 365 g/mol. The van der Waals surface area contributed by atoms with Crippen LogP contribution in [0, 0.1) is 5.92 Å². The molecule has 0 aromatic carbocycles. The molecular weight excluding hydrogens is 334 g/mol. The van der Waals surface area contributed by atoms with E-state index in [-0.39, 0.29) is 24.2 Å². The van der Waals surface area contributed by atoms with Crippen LogP contribution in [0.2, 0.25) is 0 Å². The predicted molar refractivity (Wildman–Crippen MR) is 98.1 cm³/mol. The van der Waals surface area contributed by atoms with Gasteiger partial charge < -0.3 is 10.1 Å². The first-order valence-electron chi connectivity index (χ1n) is 9.80. The molecule has 1 aromatic rings. The zero-order chi connectivity index (χ0) is 18.5. The van der Waals surface area contributed by atoms with Crippen molar-refractivity contribution in [3.63, 3.8) is 0 Å². The number of fused-ring (bicyclic) bond motifs is 1. The minimum Gasteiger partial charge on any atom is -0.374 e. The van der Waals surface area contributed by atoms with Crippen molar-refractivity contribution >= 4 is 5.91 Å². The number of aromatic nitrogens is 3. The molecule has 3 rings (SSSR count). The normalized spacial score (nSPS) is 21.4. The topological polar surface area (TPSA) is 81.4 Å². The highest BCUT2D eigenvalue weighted by Gasteiger charge is 2.22. The molecule has 2 aliphatic rings. The summed E-state index contributed by atoms with van der Waals surface area (Å²) in [6.45, 7) is 9.07. The fraction of sp³-hybridized carbons (Fsp3) is 0.833. The van der Waals surface area contributed by atoms with E-state index in [0.717, 1.165) is 51.1 Å². The van der Waals surface area contributed by atoms with Crippen LogP contribution >= 0.6 is 0 Å². The van der Waals surface area contributed by atoms with E-state index in [0.29, 0.717) is 25.6 Å². The first kappa shape index (κ1) is 19.1. The highest BCUT2D eigenvalue weighted by molar-refractivity contribution is 5.75. The van der Waals surface area contributed by atoms with Crippen LogP contribution in [0.25, 0.3) is 0 Å². The summed E-state index contributed by atoms with van der Waals surface area (Å²) >= 11 is 0. The molecule has 8 nitrogen and oxygen atoms in total. The van der Waals surface area contributed by atoms with Crippen LogP contribution in [-0.2, 0) is 29.0 Å². The van der Waals surface area contributed by atoms with Crippen LogP contribution in [0.15, 0.2) is 4.79 Å². The lowest BCUT2D eigenvalue weighted by Crippen LogP contribution is -2.49. The first-order valence-corrected chi connectivity index (χ1v) is 9.80. The van der Waals surface area contributed by atoms with E-state index in [2.05, 4.69) is 29.2 Å². The molecule has 3 heterocycles. The molecular formula is C18H31N5O3. The Morgan fingerprint density at radius 3 is 2.96 bits per heavy atom. The molecule has 146 valence electrons. The van der Waals surface area contributed by atoms with Crippen LogP contribution in [0.4, 0.5) is 0 Å². The minimum atomic E-state index is -0.190. The van der Waals surface area contributed by atoms with Crippen LogP contribution in [0.1, 0.15) is 38.9 Å². The van der Waals surface area contributed by atoms with E-state index in [9.17, 15) is 9.59 Å². The summed E-state index contributed by atoms with van der Waals surface area (Å²) in [5.41, 5.74) is -0.172. The van der Waals surface area contributed by atoms with Gasteiger partial charge in [0.1, 0.15) is 12.4 Å². The van der Waals surface area contributed by atoms with Crippen LogP contribution in [0.3, 0.4) is 0 Å². The summed E-state index contributed by atoms with van der Waals surface area (Å²) in [6, 6.07) is 0. The number of aryl methyl sites for hydroxylation is 1. The summed E-state index contributed by atoms with van der Waals surface area (Å²) in [6.07, 6.45) is 3.98. The molecule has 1 amide bonds. The van der Waals surface area contributed by atoms with Crippen molar-refractivity contribution in [2.45, 2.75) is 58.7 Å². The monoisotopic (exact) mass is 365 g/mol. The fourth-order valence-electron chi connectivity index (χ4n) is 3.73. The van der Waals surface area contributed by atoms with Crippen molar-refractivity contribution < 1.29 is 9.53 Å². The number of hydrogen-bond donors (Lipinski definition) is 1. The Labute approximate surface area is 154 Å². The third-order valence-electron chi connectivity index (χ3n) is 4.95. The van der Waals surface area contributed by atoms with Gasteiger partial charge in [0.25, 0.3) is 0 Å². The molecule has 0 saturated carbocycles. The molecule has 2 aliphatic heterocycles. The van der Waals surface area contributed by atoms with Gasteiger partial charge in [-0.2, -0.15) is 5.10 Å². The van der Waals surface area contributed by atoms with Crippen molar-refractivity contribution in [2.75, 3.05) is 32.8 Å². The number of carbonyl (C=O) groups is 1. The number of nitrogens with zero attached hydrogens (tertiary/aromatic N) is 4. The summed E-state index contributed by atoms with van der Waals surface area (Å²) in [4.78, 5) is 27.0. The maximum Gasteiger partial charge on any atom is 0.346 e. The Morgan fingerprint density at radius 1 is 1.31 bits per heavy atom. The maximum atomic E-state index is 12.4. The first-order chi connectivity index (χ1) is 12.5. The number of hydrogen-bond acceptors (Lipinski definition) is 5. The molecule has 1 saturated heterocycles. The average Bonchev–Trinajstić information content (AvgIpc) is 2.76. The summed E-state index contributed by atoms with van der Waals surface area (Å²) in [7, 11) is 0. The molecule has 1 fully saturated rings. The zero-order valence-corrected chi connectivity index (χ0v) is 15.9. The number of ether oxygens (including phenoxy) is 1. The van der Waals surface area contributed by atoms with E-state index < -0.39 is 0 Å². The lowest BCUT2D eigenvalue weighted by molar-refractivity contribution is -0.123. The Bertz CT molecular complexity index is 666. The third-order valence-corrected chi connectivity index (χ3v) is 4.95. The van der Waals surface area contributed by atoms with Crippen LogP contribution < -0.4 is 11.0 Å². The van der Waals surface area contributed by atoms with Crippen LogP contribution in [0.5, 0.6) is 0 Å². The lowest BCUT2D eigenvalue weighted by Gasteiger charge is -2.33. The van der Waals surface area contributed by atoms with Gasteiger partial charge >= 0.3 is 5.69 Å². The highest BCUT2D eigenvalue weighted by Crippen LogP contribution is 2.10. The molecule has 1 unspecified atom stereocenters. The minimum absolute atomic E-state index is 0.00175.